The first-order valence-electron chi connectivity index (χ1n) is 5.45. The van der Waals surface area contributed by atoms with E-state index in [-0.39, 0.29) is 6.42 Å². The van der Waals surface area contributed by atoms with Gasteiger partial charge in [0.1, 0.15) is 0 Å². The summed E-state index contributed by atoms with van der Waals surface area (Å²) in [5, 5.41) is 14.0. The van der Waals surface area contributed by atoms with Crippen LogP contribution >= 0.6 is 38.5 Å². The third-order valence-electron chi connectivity index (χ3n) is 2.22. The van der Waals surface area contributed by atoms with Crippen LogP contribution in [0.3, 0.4) is 0 Å². The van der Waals surface area contributed by atoms with Crippen LogP contribution in [0.4, 0.5) is 10.5 Å². The molecule has 1 rings (SSSR count). The van der Waals surface area contributed by atoms with Crippen molar-refractivity contribution in [2.24, 2.45) is 0 Å². The molecule has 1 aromatic rings. The first-order chi connectivity index (χ1) is 8.69. The summed E-state index contributed by atoms with van der Waals surface area (Å²) in [6, 6.07) is 5.07. The van der Waals surface area contributed by atoms with Gasteiger partial charge >= 0.3 is 12.0 Å². The van der Waals surface area contributed by atoms with Crippen molar-refractivity contribution in [3.05, 3.63) is 26.2 Å². The van der Waals surface area contributed by atoms with E-state index < -0.39 is 17.5 Å². The molecule has 0 aliphatic rings. The van der Waals surface area contributed by atoms with Crippen molar-refractivity contribution in [3.63, 3.8) is 0 Å². The second-order valence-corrected chi connectivity index (χ2v) is 6.76. The molecule has 1 aromatic carbocycles. The Balaban J connectivity index is 2.67. The van der Waals surface area contributed by atoms with Crippen LogP contribution < -0.4 is 10.6 Å². The maximum absolute atomic E-state index is 11.8. The van der Waals surface area contributed by atoms with Crippen LogP contribution in [-0.2, 0) is 4.79 Å². The number of carbonyl (C=O) groups is 2. The molecule has 2 amide bonds. The predicted octanol–water partition coefficient (Wildman–Crippen LogP) is 3.43. The molecule has 0 spiro atoms. The predicted molar refractivity (Wildman–Crippen MR) is 85.3 cm³/mol. The molecular weight excluding hydrogens is 427 g/mol. The SMILES string of the molecule is CC(C)(CC(=O)O)NC(=O)Nc1ccc(I)cc1Br. The van der Waals surface area contributed by atoms with Crippen LogP contribution in [0.25, 0.3) is 0 Å². The average Bonchev–Trinajstić information content (AvgIpc) is 2.19. The lowest BCUT2D eigenvalue weighted by Crippen LogP contribution is -2.46. The minimum Gasteiger partial charge on any atom is -0.481 e. The molecule has 7 heteroatoms. The molecule has 0 aliphatic carbocycles. The number of carboxylic acid groups (broad SMARTS) is 1. The second kappa shape index (κ2) is 6.56. The van der Waals surface area contributed by atoms with E-state index in [0.717, 1.165) is 8.04 Å². The average molecular weight is 441 g/mol. The Kier molecular flexibility index (Phi) is 5.60. The largest absolute Gasteiger partial charge is 0.481 e. The number of urea groups is 1. The zero-order valence-electron chi connectivity index (χ0n) is 10.5. The van der Waals surface area contributed by atoms with Gasteiger partial charge in [0.2, 0.25) is 0 Å². The lowest BCUT2D eigenvalue weighted by Gasteiger charge is -2.24. The molecule has 5 nitrogen and oxygen atoms in total. The normalized spacial score (nSPS) is 10.9. The van der Waals surface area contributed by atoms with Crippen molar-refractivity contribution in [1.82, 2.24) is 5.32 Å². The number of halogens is 2. The van der Waals surface area contributed by atoms with Crippen LogP contribution in [0.2, 0.25) is 0 Å². The molecule has 3 N–H and O–H groups in total. The number of carboxylic acids is 1. The Morgan fingerprint density at radius 2 is 2.05 bits per heavy atom. The van der Waals surface area contributed by atoms with E-state index in [0.29, 0.717) is 5.69 Å². The van der Waals surface area contributed by atoms with Gasteiger partial charge in [0.25, 0.3) is 0 Å². The van der Waals surface area contributed by atoms with Gasteiger partial charge in [-0.15, -0.1) is 0 Å². The number of aliphatic carboxylic acids is 1. The van der Waals surface area contributed by atoms with Crippen LogP contribution in [0.5, 0.6) is 0 Å². The highest BCUT2D eigenvalue weighted by atomic mass is 127. The van der Waals surface area contributed by atoms with Crippen molar-refractivity contribution in [2.45, 2.75) is 25.8 Å². The number of amides is 2. The van der Waals surface area contributed by atoms with Crippen LogP contribution in [0.15, 0.2) is 22.7 Å². The molecule has 0 aliphatic heterocycles. The lowest BCUT2D eigenvalue weighted by molar-refractivity contribution is -0.138. The Morgan fingerprint density at radius 3 is 2.58 bits per heavy atom. The zero-order valence-corrected chi connectivity index (χ0v) is 14.2. The number of hydrogen-bond donors (Lipinski definition) is 3. The maximum Gasteiger partial charge on any atom is 0.319 e. The topological polar surface area (TPSA) is 78.4 Å². The standard InChI is InChI=1S/C12H14BrIN2O3/c1-12(2,6-10(17)18)16-11(19)15-9-4-3-7(14)5-8(9)13/h3-5H,6H2,1-2H3,(H,17,18)(H2,15,16,19). The fraction of sp³-hybridized carbons (Fsp3) is 0.333. The van der Waals surface area contributed by atoms with E-state index in [9.17, 15) is 9.59 Å². The third kappa shape index (κ3) is 5.77. The van der Waals surface area contributed by atoms with E-state index in [1.165, 1.54) is 0 Å². The molecule has 19 heavy (non-hydrogen) atoms. The van der Waals surface area contributed by atoms with Crippen LogP contribution in [-0.4, -0.2) is 22.6 Å². The van der Waals surface area contributed by atoms with Crippen LogP contribution in [0.1, 0.15) is 20.3 Å². The lowest BCUT2D eigenvalue weighted by atomic mass is 10.0. The number of nitrogens with one attached hydrogen (secondary N) is 2. The molecule has 0 radical (unpaired) electrons. The molecule has 0 aromatic heterocycles. The Labute approximate surface area is 133 Å². The molecule has 0 saturated carbocycles. The van der Waals surface area contributed by atoms with E-state index in [4.69, 9.17) is 5.11 Å². The highest BCUT2D eigenvalue weighted by molar-refractivity contribution is 14.1. The van der Waals surface area contributed by atoms with Crippen LogP contribution in [0, 0.1) is 3.57 Å². The molecule has 0 atom stereocenters. The summed E-state index contributed by atoms with van der Waals surface area (Å²) in [5.41, 5.74) is -0.185. The van der Waals surface area contributed by atoms with Gasteiger partial charge in [-0.25, -0.2) is 4.79 Å². The molecule has 0 unspecified atom stereocenters. The third-order valence-corrected chi connectivity index (χ3v) is 3.55. The smallest absolute Gasteiger partial charge is 0.319 e. The van der Waals surface area contributed by atoms with Gasteiger partial charge in [0.15, 0.2) is 0 Å². The minimum atomic E-state index is -0.958. The summed E-state index contributed by atoms with van der Waals surface area (Å²) in [5.74, 6) is -0.958. The molecule has 104 valence electrons. The highest BCUT2D eigenvalue weighted by Gasteiger charge is 2.24. The van der Waals surface area contributed by atoms with Gasteiger partial charge in [-0.2, -0.15) is 0 Å². The molecule has 0 fully saturated rings. The Hall–Kier alpha value is -0.830. The molecular formula is C12H14BrIN2O3. The van der Waals surface area contributed by atoms with Crippen molar-refractivity contribution in [3.8, 4) is 0 Å². The van der Waals surface area contributed by atoms with Gasteiger partial charge in [-0.1, -0.05) is 0 Å². The Bertz CT molecular complexity index is 506. The zero-order chi connectivity index (χ0) is 14.6. The van der Waals surface area contributed by atoms with E-state index in [2.05, 4.69) is 49.2 Å². The van der Waals surface area contributed by atoms with Gasteiger partial charge < -0.3 is 15.7 Å². The monoisotopic (exact) mass is 440 g/mol. The summed E-state index contributed by atoms with van der Waals surface area (Å²) >= 11 is 5.52. The van der Waals surface area contributed by atoms with E-state index >= 15 is 0 Å². The Morgan fingerprint density at radius 1 is 1.42 bits per heavy atom. The second-order valence-electron chi connectivity index (χ2n) is 4.66. The summed E-state index contributed by atoms with van der Waals surface area (Å²) < 4.78 is 1.81. The number of carbonyl (C=O) groups excluding carboxylic acids is 1. The van der Waals surface area contributed by atoms with Crippen molar-refractivity contribution in [1.29, 1.82) is 0 Å². The first-order valence-corrected chi connectivity index (χ1v) is 7.33. The summed E-state index contributed by atoms with van der Waals surface area (Å²) in [6.45, 7) is 3.31. The first kappa shape index (κ1) is 16.2. The van der Waals surface area contributed by atoms with Gasteiger partial charge in [0, 0.05) is 13.6 Å². The quantitative estimate of drug-likeness (QED) is 0.627. The van der Waals surface area contributed by atoms with Crippen molar-refractivity contribution in [2.75, 3.05) is 5.32 Å². The molecule has 0 bridgehead atoms. The summed E-state index contributed by atoms with van der Waals surface area (Å²) in [4.78, 5) is 22.5. The number of hydrogen-bond acceptors (Lipinski definition) is 2. The van der Waals surface area contributed by atoms with Crippen molar-refractivity contribution < 1.29 is 14.7 Å². The van der Waals surface area contributed by atoms with E-state index in [1.54, 1.807) is 19.9 Å². The minimum absolute atomic E-state index is 0.145. The van der Waals surface area contributed by atoms with E-state index in [1.807, 2.05) is 12.1 Å². The van der Waals surface area contributed by atoms with Gasteiger partial charge in [-0.05, 0) is 70.6 Å². The fourth-order valence-electron chi connectivity index (χ4n) is 1.47. The number of rotatable bonds is 4. The number of anilines is 1. The van der Waals surface area contributed by atoms with Gasteiger partial charge in [-0.3, -0.25) is 4.79 Å². The van der Waals surface area contributed by atoms with Crippen molar-refractivity contribution >= 4 is 56.2 Å². The molecule has 0 saturated heterocycles. The maximum atomic E-state index is 11.8. The highest BCUT2D eigenvalue weighted by Crippen LogP contribution is 2.24. The number of benzene rings is 1. The summed E-state index contributed by atoms with van der Waals surface area (Å²) in [7, 11) is 0. The van der Waals surface area contributed by atoms with Gasteiger partial charge in [0.05, 0.1) is 12.1 Å². The fourth-order valence-corrected chi connectivity index (χ4v) is 2.87. The molecule has 0 heterocycles. The summed E-state index contributed by atoms with van der Waals surface area (Å²) in [6.07, 6.45) is -0.145.